The zero-order chi connectivity index (χ0) is 13.1. The maximum atomic E-state index is 3.33. The summed E-state index contributed by atoms with van der Waals surface area (Å²) in [6.45, 7) is 4.85. The highest BCUT2D eigenvalue weighted by Crippen LogP contribution is 2.24. The summed E-state index contributed by atoms with van der Waals surface area (Å²) in [7, 11) is 2.07. The van der Waals surface area contributed by atoms with Crippen molar-refractivity contribution in [2.75, 3.05) is 26.7 Å². The molecule has 1 N–H and O–H groups in total. The number of halogens is 1. The van der Waals surface area contributed by atoms with Crippen molar-refractivity contribution >= 4 is 12.4 Å². The Labute approximate surface area is 129 Å². The molecule has 0 bridgehead atoms. The lowest BCUT2D eigenvalue weighted by Crippen LogP contribution is -2.38. The fraction of sp³-hybridized carbons (Fsp3) is 0.647. The quantitative estimate of drug-likeness (QED) is 0.918. The maximum absolute atomic E-state index is 3.33. The van der Waals surface area contributed by atoms with Gasteiger partial charge in [0.15, 0.2) is 0 Å². The SMILES string of the molecule is CNCC1CCCN(Cc2ccc3c(c2)CCC3)C1.Cl. The number of likely N-dealkylation sites (tertiary alicyclic amines) is 1. The van der Waals surface area contributed by atoms with E-state index >= 15 is 0 Å². The van der Waals surface area contributed by atoms with Crippen molar-refractivity contribution in [1.82, 2.24) is 10.2 Å². The van der Waals surface area contributed by atoms with Crippen molar-refractivity contribution in [2.24, 2.45) is 5.92 Å². The Morgan fingerprint density at radius 1 is 1.20 bits per heavy atom. The normalized spacial score (nSPS) is 22.4. The van der Waals surface area contributed by atoms with Crippen LogP contribution in [0, 0.1) is 5.92 Å². The highest BCUT2D eigenvalue weighted by molar-refractivity contribution is 5.85. The van der Waals surface area contributed by atoms with E-state index in [2.05, 4.69) is 35.5 Å². The van der Waals surface area contributed by atoms with E-state index in [1.54, 1.807) is 11.1 Å². The van der Waals surface area contributed by atoms with E-state index in [9.17, 15) is 0 Å². The molecule has 20 heavy (non-hydrogen) atoms. The molecule has 112 valence electrons. The molecule has 1 aromatic rings. The predicted molar refractivity (Wildman–Crippen MR) is 87.6 cm³/mol. The first-order chi connectivity index (χ1) is 9.35. The van der Waals surface area contributed by atoms with Crippen LogP contribution in [0.15, 0.2) is 18.2 Å². The van der Waals surface area contributed by atoms with Gasteiger partial charge in [0.25, 0.3) is 0 Å². The van der Waals surface area contributed by atoms with Gasteiger partial charge in [-0.25, -0.2) is 0 Å². The third kappa shape index (κ3) is 3.75. The van der Waals surface area contributed by atoms with E-state index in [-0.39, 0.29) is 12.4 Å². The Morgan fingerprint density at radius 3 is 2.90 bits per heavy atom. The number of hydrogen-bond acceptors (Lipinski definition) is 2. The van der Waals surface area contributed by atoms with Gasteiger partial charge in [-0.05, 0) is 74.8 Å². The first-order valence-corrected chi connectivity index (χ1v) is 7.83. The molecule has 0 amide bonds. The molecule has 1 heterocycles. The Hall–Kier alpha value is -0.570. The van der Waals surface area contributed by atoms with E-state index < -0.39 is 0 Å². The van der Waals surface area contributed by atoms with E-state index in [4.69, 9.17) is 0 Å². The number of hydrogen-bond donors (Lipinski definition) is 1. The molecule has 1 saturated heterocycles. The second-order valence-corrected chi connectivity index (χ2v) is 6.26. The molecular weight excluding hydrogens is 268 g/mol. The number of aryl methyl sites for hydroxylation is 2. The monoisotopic (exact) mass is 294 g/mol. The Kier molecular flexibility index (Phi) is 5.88. The van der Waals surface area contributed by atoms with Gasteiger partial charge in [-0.1, -0.05) is 18.2 Å². The lowest BCUT2D eigenvalue weighted by atomic mass is 9.97. The highest BCUT2D eigenvalue weighted by Gasteiger charge is 2.19. The van der Waals surface area contributed by atoms with E-state index in [0.29, 0.717) is 0 Å². The second-order valence-electron chi connectivity index (χ2n) is 6.26. The summed E-state index contributed by atoms with van der Waals surface area (Å²) in [4.78, 5) is 2.64. The van der Waals surface area contributed by atoms with Gasteiger partial charge < -0.3 is 5.32 Å². The molecule has 0 saturated carbocycles. The molecule has 0 spiro atoms. The zero-order valence-corrected chi connectivity index (χ0v) is 13.3. The molecule has 1 aromatic carbocycles. The Balaban J connectivity index is 0.00000147. The van der Waals surface area contributed by atoms with Gasteiger partial charge in [0, 0.05) is 13.1 Å². The fourth-order valence-corrected chi connectivity index (χ4v) is 3.73. The number of rotatable bonds is 4. The maximum Gasteiger partial charge on any atom is 0.0233 e. The minimum Gasteiger partial charge on any atom is -0.319 e. The van der Waals surface area contributed by atoms with E-state index in [1.807, 2.05) is 0 Å². The van der Waals surface area contributed by atoms with Crippen molar-refractivity contribution in [2.45, 2.75) is 38.6 Å². The summed E-state index contributed by atoms with van der Waals surface area (Å²) in [5, 5.41) is 3.33. The molecule has 1 aliphatic carbocycles. The first kappa shape index (κ1) is 15.8. The third-order valence-corrected chi connectivity index (χ3v) is 4.66. The number of benzene rings is 1. The van der Waals surface area contributed by atoms with Gasteiger partial charge in [-0.2, -0.15) is 0 Å². The molecule has 0 radical (unpaired) electrons. The molecule has 3 heteroatoms. The fourth-order valence-electron chi connectivity index (χ4n) is 3.73. The van der Waals surface area contributed by atoms with Gasteiger partial charge in [-0.15, -0.1) is 12.4 Å². The van der Waals surface area contributed by atoms with Crippen LogP contribution in [0.1, 0.15) is 36.0 Å². The molecule has 1 fully saturated rings. The highest BCUT2D eigenvalue weighted by atomic mass is 35.5. The van der Waals surface area contributed by atoms with Crippen LogP contribution in [0.5, 0.6) is 0 Å². The van der Waals surface area contributed by atoms with Crippen LogP contribution in [0.25, 0.3) is 0 Å². The summed E-state index contributed by atoms with van der Waals surface area (Å²) in [6, 6.07) is 7.18. The molecule has 1 unspecified atom stereocenters. The predicted octanol–water partition coefficient (Wildman–Crippen LogP) is 3.03. The zero-order valence-electron chi connectivity index (χ0n) is 12.5. The standard InChI is InChI=1S/C17H26N2.ClH/c1-18-11-15-4-3-9-19(13-15)12-14-7-8-16-5-2-6-17(16)10-14;/h7-8,10,15,18H,2-6,9,11-13H2,1H3;1H. The molecule has 1 atom stereocenters. The molecule has 1 aliphatic heterocycles. The average molecular weight is 295 g/mol. The number of nitrogens with one attached hydrogen (secondary N) is 1. The largest absolute Gasteiger partial charge is 0.319 e. The molecule has 2 aliphatic rings. The smallest absolute Gasteiger partial charge is 0.0233 e. The van der Waals surface area contributed by atoms with Crippen LogP contribution in [0.2, 0.25) is 0 Å². The van der Waals surface area contributed by atoms with Gasteiger partial charge in [-0.3, -0.25) is 4.90 Å². The molecule has 3 rings (SSSR count). The lowest BCUT2D eigenvalue weighted by Gasteiger charge is -2.32. The average Bonchev–Trinajstić information content (AvgIpc) is 2.87. The Morgan fingerprint density at radius 2 is 2.05 bits per heavy atom. The number of piperidine rings is 1. The lowest BCUT2D eigenvalue weighted by molar-refractivity contribution is 0.167. The van der Waals surface area contributed by atoms with Gasteiger partial charge in [0.05, 0.1) is 0 Å². The molecule has 0 aromatic heterocycles. The topological polar surface area (TPSA) is 15.3 Å². The number of fused-ring (bicyclic) bond motifs is 1. The summed E-state index contributed by atoms with van der Waals surface area (Å²) in [5.41, 5.74) is 4.72. The van der Waals surface area contributed by atoms with E-state index in [0.717, 1.165) is 12.5 Å². The number of nitrogens with zero attached hydrogens (tertiary/aromatic N) is 1. The minimum absolute atomic E-state index is 0. The second kappa shape index (κ2) is 7.44. The van der Waals surface area contributed by atoms with Gasteiger partial charge >= 0.3 is 0 Å². The third-order valence-electron chi connectivity index (χ3n) is 4.66. The molecular formula is C17H27ClN2. The van der Waals surface area contributed by atoms with Crippen molar-refractivity contribution in [3.63, 3.8) is 0 Å². The summed E-state index contributed by atoms with van der Waals surface area (Å²) < 4.78 is 0. The summed E-state index contributed by atoms with van der Waals surface area (Å²) in [5.74, 6) is 0.841. The van der Waals surface area contributed by atoms with Crippen molar-refractivity contribution in [1.29, 1.82) is 0 Å². The van der Waals surface area contributed by atoms with Crippen LogP contribution < -0.4 is 5.32 Å². The van der Waals surface area contributed by atoms with Crippen molar-refractivity contribution < 1.29 is 0 Å². The van der Waals surface area contributed by atoms with Crippen LogP contribution >= 0.6 is 12.4 Å². The van der Waals surface area contributed by atoms with Gasteiger partial charge in [0.1, 0.15) is 0 Å². The first-order valence-electron chi connectivity index (χ1n) is 7.83. The van der Waals surface area contributed by atoms with Crippen molar-refractivity contribution in [3.8, 4) is 0 Å². The summed E-state index contributed by atoms with van der Waals surface area (Å²) in [6.07, 6.45) is 6.70. The van der Waals surface area contributed by atoms with Crippen LogP contribution in [0.3, 0.4) is 0 Å². The summed E-state index contributed by atoms with van der Waals surface area (Å²) >= 11 is 0. The van der Waals surface area contributed by atoms with Crippen LogP contribution in [-0.4, -0.2) is 31.6 Å². The van der Waals surface area contributed by atoms with Crippen LogP contribution in [-0.2, 0) is 19.4 Å². The van der Waals surface area contributed by atoms with Gasteiger partial charge in [0.2, 0.25) is 0 Å². The van der Waals surface area contributed by atoms with Crippen LogP contribution in [0.4, 0.5) is 0 Å². The minimum atomic E-state index is 0. The molecule has 2 nitrogen and oxygen atoms in total. The Bertz CT molecular complexity index is 431. The van der Waals surface area contributed by atoms with Crippen molar-refractivity contribution in [3.05, 3.63) is 34.9 Å². The van der Waals surface area contributed by atoms with E-state index in [1.165, 1.54) is 57.3 Å².